The van der Waals surface area contributed by atoms with Crippen LogP contribution in [0.3, 0.4) is 0 Å². The van der Waals surface area contributed by atoms with E-state index in [9.17, 15) is 4.79 Å². The number of carbonyl (C=O) groups is 1. The van der Waals surface area contributed by atoms with Gasteiger partial charge in [-0.05, 0) is 38.3 Å². The summed E-state index contributed by atoms with van der Waals surface area (Å²) in [7, 11) is 0. The van der Waals surface area contributed by atoms with Gasteiger partial charge in [0.2, 0.25) is 5.91 Å². The highest BCUT2D eigenvalue weighted by molar-refractivity contribution is 5.80. The second-order valence-electron chi connectivity index (χ2n) is 6.79. The molecule has 0 saturated carbocycles. The van der Waals surface area contributed by atoms with Gasteiger partial charge in [-0.3, -0.25) is 9.69 Å². The number of hydrogen-bond donors (Lipinski definition) is 0. The fourth-order valence-corrected chi connectivity index (χ4v) is 4.28. The van der Waals surface area contributed by atoms with Gasteiger partial charge in [-0.2, -0.15) is 0 Å². The molecule has 0 unspecified atom stereocenters. The molecule has 22 heavy (non-hydrogen) atoms. The lowest BCUT2D eigenvalue weighted by Crippen LogP contribution is -2.42. The number of hydrogen-bond acceptors (Lipinski definition) is 4. The van der Waals surface area contributed by atoms with Crippen LogP contribution in [0.4, 0.5) is 0 Å². The summed E-state index contributed by atoms with van der Waals surface area (Å²) in [5.74, 6) is 2.42. The van der Waals surface area contributed by atoms with E-state index in [1.165, 1.54) is 0 Å². The van der Waals surface area contributed by atoms with E-state index in [1.807, 2.05) is 13.0 Å². The van der Waals surface area contributed by atoms with Crippen molar-refractivity contribution in [2.45, 2.75) is 44.8 Å². The molecule has 0 aliphatic carbocycles. The molecule has 3 aliphatic rings. The van der Waals surface area contributed by atoms with Crippen molar-refractivity contribution in [1.29, 1.82) is 0 Å². The molecule has 1 aromatic heterocycles. The van der Waals surface area contributed by atoms with Crippen LogP contribution in [-0.4, -0.2) is 54.1 Å². The molecule has 3 saturated heterocycles. The lowest BCUT2D eigenvalue weighted by Gasteiger charge is -2.27. The first kappa shape index (κ1) is 14.3. The molecule has 3 fully saturated rings. The SMILES string of the molecule is Cc1ccc(CN2CC[C@@H]3[C@@H]2CCN3C(=O)[C@@H]2CCOC2)o1. The number of ether oxygens (including phenoxy) is 1. The topological polar surface area (TPSA) is 45.9 Å². The summed E-state index contributed by atoms with van der Waals surface area (Å²) in [5, 5.41) is 0. The van der Waals surface area contributed by atoms with Gasteiger partial charge in [0.25, 0.3) is 0 Å². The molecule has 1 aromatic rings. The molecule has 0 bridgehead atoms. The van der Waals surface area contributed by atoms with Crippen LogP contribution in [0.2, 0.25) is 0 Å². The predicted octanol–water partition coefficient (Wildman–Crippen LogP) is 1.80. The summed E-state index contributed by atoms with van der Waals surface area (Å²) in [4.78, 5) is 17.3. The summed E-state index contributed by atoms with van der Waals surface area (Å²) in [6.45, 7) is 6.16. The third-order valence-electron chi connectivity index (χ3n) is 5.41. The van der Waals surface area contributed by atoms with Crippen LogP contribution in [0.1, 0.15) is 30.8 Å². The minimum Gasteiger partial charge on any atom is -0.465 e. The molecule has 3 aliphatic heterocycles. The Balaban J connectivity index is 1.41. The molecule has 4 rings (SSSR count). The number of aryl methyl sites for hydroxylation is 1. The number of carbonyl (C=O) groups excluding carboxylic acids is 1. The van der Waals surface area contributed by atoms with Gasteiger partial charge in [-0.15, -0.1) is 0 Å². The zero-order valence-electron chi connectivity index (χ0n) is 13.2. The molecule has 0 aromatic carbocycles. The number of furan rings is 1. The van der Waals surface area contributed by atoms with Crippen molar-refractivity contribution in [2.24, 2.45) is 5.92 Å². The Bertz CT molecular complexity index is 550. The van der Waals surface area contributed by atoms with E-state index in [4.69, 9.17) is 9.15 Å². The second kappa shape index (κ2) is 5.70. The first-order valence-corrected chi connectivity index (χ1v) is 8.40. The Kier molecular flexibility index (Phi) is 3.70. The molecule has 4 heterocycles. The third kappa shape index (κ3) is 2.46. The average Bonchev–Trinajstić information content (AvgIpc) is 3.24. The largest absolute Gasteiger partial charge is 0.465 e. The summed E-state index contributed by atoms with van der Waals surface area (Å²) in [6, 6.07) is 4.98. The standard InChI is InChI=1S/C17H24N2O3/c1-12-2-3-14(22-12)10-18-7-4-16-15(18)5-8-19(16)17(20)13-6-9-21-11-13/h2-3,13,15-16H,4-11H2,1H3/t13-,15+,16-/m1/s1. The summed E-state index contributed by atoms with van der Waals surface area (Å²) in [5.41, 5.74) is 0. The first-order valence-electron chi connectivity index (χ1n) is 8.40. The molecule has 0 N–H and O–H groups in total. The lowest BCUT2D eigenvalue weighted by atomic mass is 10.1. The van der Waals surface area contributed by atoms with Crippen LogP contribution < -0.4 is 0 Å². The zero-order chi connectivity index (χ0) is 15.1. The van der Waals surface area contributed by atoms with E-state index in [1.54, 1.807) is 0 Å². The Hall–Kier alpha value is -1.33. The van der Waals surface area contributed by atoms with Crippen LogP contribution in [0.5, 0.6) is 0 Å². The summed E-state index contributed by atoms with van der Waals surface area (Å²) >= 11 is 0. The minimum atomic E-state index is 0.0977. The van der Waals surface area contributed by atoms with Crippen molar-refractivity contribution in [1.82, 2.24) is 9.80 Å². The number of amides is 1. The maximum absolute atomic E-state index is 12.7. The van der Waals surface area contributed by atoms with E-state index in [0.29, 0.717) is 24.6 Å². The van der Waals surface area contributed by atoms with Crippen molar-refractivity contribution >= 4 is 5.91 Å². The van der Waals surface area contributed by atoms with Crippen molar-refractivity contribution in [3.63, 3.8) is 0 Å². The van der Waals surface area contributed by atoms with Gasteiger partial charge in [0.1, 0.15) is 11.5 Å². The Morgan fingerprint density at radius 3 is 2.82 bits per heavy atom. The summed E-state index contributed by atoms with van der Waals surface area (Å²) < 4.78 is 11.1. The first-order chi connectivity index (χ1) is 10.7. The zero-order valence-corrected chi connectivity index (χ0v) is 13.2. The van der Waals surface area contributed by atoms with E-state index in [0.717, 1.165) is 57.0 Å². The van der Waals surface area contributed by atoms with Crippen LogP contribution >= 0.6 is 0 Å². The van der Waals surface area contributed by atoms with E-state index in [-0.39, 0.29) is 5.92 Å². The molecule has 0 radical (unpaired) electrons. The smallest absolute Gasteiger partial charge is 0.228 e. The van der Waals surface area contributed by atoms with E-state index >= 15 is 0 Å². The fraction of sp³-hybridized carbons (Fsp3) is 0.706. The normalized spacial score (nSPS) is 31.9. The van der Waals surface area contributed by atoms with Gasteiger partial charge in [0.05, 0.1) is 19.1 Å². The fourth-order valence-electron chi connectivity index (χ4n) is 4.28. The third-order valence-corrected chi connectivity index (χ3v) is 5.41. The van der Waals surface area contributed by atoms with Gasteiger partial charge >= 0.3 is 0 Å². The minimum absolute atomic E-state index is 0.0977. The molecule has 5 heteroatoms. The molecule has 5 nitrogen and oxygen atoms in total. The molecule has 3 atom stereocenters. The average molecular weight is 304 g/mol. The molecule has 0 spiro atoms. The van der Waals surface area contributed by atoms with Crippen LogP contribution in [0.25, 0.3) is 0 Å². The van der Waals surface area contributed by atoms with Gasteiger partial charge in [-0.25, -0.2) is 0 Å². The predicted molar refractivity (Wildman–Crippen MR) is 81.3 cm³/mol. The molecule has 1 amide bonds. The number of fused-ring (bicyclic) bond motifs is 1. The number of rotatable bonds is 3. The maximum Gasteiger partial charge on any atom is 0.228 e. The Morgan fingerprint density at radius 2 is 2.09 bits per heavy atom. The molecular weight excluding hydrogens is 280 g/mol. The summed E-state index contributed by atoms with van der Waals surface area (Å²) in [6.07, 6.45) is 3.06. The number of nitrogens with zero attached hydrogens (tertiary/aromatic N) is 2. The van der Waals surface area contributed by atoms with E-state index < -0.39 is 0 Å². The van der Waals surface area contributed by atoms with Crippen molar-refractivity contribution in [3.05, 3.63) is 23.7 Å². The van der Waals surface area contributed by atoms with Gasteiger partial charge in [0, 0.05) is 31.8 Å². The van der Waals surface area contributed by atoms with Crippen molar-refractivity contribution in [3.8, 4) is 0 Å². The Morgan fingerprint density at radius 1 is 1.23 bits per heavy atom. The quantitative estimate of drug-likeness (QED) is 0.854. The maximum atomic E-state index is 12.7. The monoisotopic (exact) mass is 304 g/mol. The van der Waals surface area contributed by atoms with Gasteiger partial charge in [-0.1, -0.05) is 0 Å². The molecular formula is C17H24N2O3. The second-order valence-corrected chi connectivity index (χ2v) is 6.79. The van der Waals surface area contributed by atoms with Crippen molar-refractivity contribution < 1.29 is 13.9 Å². The Labute approximate surface area is 131 Å². The lowest BCUT2D eigenvalue weighted by molar-refractivity contribution is -0.136. The van der Waals surface area contributed by atoms with Crippen molar-refractivity contribution in [2.75, 3.05) is 26.3 Å². The highest BCUT2D eigenvalue weighted by Gasteiger charge is 2.45. The highest BCUT2D eigenvalue weighted by Crippen LogP contribution is 2.34. The van der Waals surface area contributed by atoms with Crippen LogP contribution in [0, 0.1) is 12.8 Å². The van der Waals surface area contributed by atoms with Crippen LogP contribution in [0.15, 0.2) is 16.5 Å². The van der Waals surface area contributed by atoms with Gasteiger partial charge in [0.15, 0.2) is 0 Å². The number of likely N-dealkylation sites (tertiary alicyclic amines) is 2. The van der Waals surface area contributed by atoms with Gasteiger partial charge < -0.3 is 14.1 Å². The highest BCUT2D eigenvalue weighted by atomic mass is 16.5. The molecule has 120 valence electrons. The van der Waals surface area contributed by atoms with E-state index in [2.05, 4.69) is 15.9 Å². The van der Waals surface area contributed by atoms with Crippen LogP contribution in [-0.2, 0) is 16.1 Å².